The summed E-state index contributed by atoms with van der Waals surface area (Å²) in [7, 11) is 0. The zero-order valence-electron chi connectivity index (χ0n) is 12.0. The van der Waals surface area contributed by atoms with Crippen LogP contribution in [0.4, 0.5) is 11.4 Å². The lowest BCUT2D eigenvalue weighted by atomic mass is 10.1. The van der Waals surface area contributed by atoms with Gasteiger partial charge in [-0.25, -0.2) is 0 Å². The minimum atomic E-state index is 0.234. The minimum absolute atomic E-state index is 0.234. The van der Waals surface area contributed by atoms with Crippen molar-refractivity contribution in [2.24, 2.45) is 0 Å². The highest BCUT2D eigenvalue weighted by Crippen LogP contribution is 2.26. The summed E-state index contributed by atoms with van der Waals surface area (Å²) in [6.07, 6.45) is 4.52. The number of amides is 1. The number of anilines is 2. The summed E-state index contributed by atoms with van der Waals surface area (Å²) in [6.45, 7) is 2.45. The van der Waals surface area contributed by atoms with Gasteiger partial charge in [0.05, 0.1) is 11.2 Å². The molecule has 0 radical (unpaired) electrons. The Morgan fingerprint density at radius 2 is 2.10 bits per heavy atom. The third-order valence-electron chi connectivity index (χ3n) is 3.91. The van der Waals surface area contributed by atoms with Gasteiger partial charge in [-0.1, -0.05) is 0 Å². The molecule has 1 saturated heterocycles. The summed E-state index contributed by atoms with van der Waals surface area (Å²) < 4.78 is 0. The van der Waals surface area contributed by atoms with Crippen LogP contribution in [-0.2, 0) is 4.79 Å². The predicted octanol–water partition coefficient (Wildman–Crippen LogP) is 2.24. The van der Waals surface area contributed by atoms with E-state index in [1.54, 1.807) is 6.20 Å². The first-order valence-electron chi connectivity index (χ1n) is 7.40. The van der Waals surface area contributed by atoms with Crippen LogP contribution >= 0.6 is 0 Å². The average Bonchev–Trinajstić information content (AvgIpc) is 3.04. The third kappa shape index (κ3) is 2.91. The maximum Gasteiger partial charge on any atom is 0.224 e. The summed E-state index contributed by atoms with van der Waals surface area (Å²) in [5, 5.41) is 4.32. The molecule has 110 valence electrons. The standard InChI is InChI=1S/C16H20N4O/c17-13-5-6-14(12-4-3-8-19-16(12)13)18-9-7-15(21)20-10-1-2-11-20/h3-6,8,18H,1-2,7,9-11,17H2. The van der Waals surface area contributed by atoms with E-state index in [9.17, 15) is 4.79 Å². The van der Waals surface area contributed by atoms with Crippen LogP contribution in [0.2, 0.25) is 0 Å². The van der Waals surface area contributed by atoms with Gasteiger partial charge >= 0.3 is 0 Å². The van der Waals surface area contributed by atoms with Gasteiger partial charge in [0.2, 0.25) is 5.91 Å². The summed E-state index contributed by atoms with van der Waals surface area (Å²) in [6, 6.07) is 7.67. The number of nitrogens with zero attached hydrogens (tertiary/aromatic N) is 2. The second-order valence-corrected chi connectivity index (χ2v) is 5.37. The Bertz CT molecular complexity index is 650. The number of likely N-dealkylation sites (tertiary alicyclic amines) is 1. The van der Waals surface area contributed by atoms with Gasteiger partial charge in [-0.05, 0) is 37.1 Å². The summed E-state index contributed by atoms with van der Waals surface area (Å²) in [5.41, 5.74) is 8.38. The van der Waals surface area contributed by atoms with E-state index in [0.29, 0.717) is 18.7 Å². The van der Waals surface area contributed by atoms with Crippen molar-refractivity contribution < 1.29 is 4.79 Å². The molecule has 21 heavy (non-hydrogen) atoms. The number of aromatic nitrogens is 1. The van der Waals surface area contributed by atoms with Crippen LogP contribution < -0.4 is 11.1 Å². The van der Waals surface area contributed by atoms with E-state index in [1.807, 2.05) is 29.2 Å². The van der Waals surface area contributed by atoms with E-state index in [0.717, 1.165) is 42.5 Å². The fourth-order valence-electron chi connectivity index (χ4n) is 2.78. The molecule has 2 aromatic rings. The molecule has 1 aliphatic heterocycles. The molecular weight excluding hydrogens is 264 g/mol. The first-order chi connectivity index (χ1) is 10.3. The van der Waals surface area contributed by atoms with Crippen molar-refractivity contribution in [1.29, 1.82) is 0 Å². The second-order valence-electron chi connectivity index (χ2n) is 5.37. The Balaban J connectivity index is 1.65. The molecule has 5 nitrogen and oxygen atoms in total. The monoisotopic (exact) mass is 284 g/mol. The molecule has 1 amide bonds. The van der Waals surface area contributed by atoms with Crippen LogP contribution in [-0.4, -0.2) is 35.4 Å². The smallest absolute Gasteiger partial charge is 0.224 e. The lowest BCUT2D eigenvalue weighted by molar-refractivity contribution is -0.129. The van der Waals surface area contributed by atoms with E-state index < -0.39 is 0 Å². The molecule has 2 heterocycles. The number of carbonyl (C=O) groups is 1. The topological polar surface area (TPSA) is 71.2 Å². The molecule has 0 bridgehead atoms. The average molecular weight is 284 g/mol. The van der Waals surface area contributed by atoms with Gasteiger partial charge in [-0.3, -0.25) is 9.78 Å². The van der Waals surface area contributed by atoms with Gasteiger partial charge < -0.3 is 16.0 Å². The van der Waals surface area contributed by atoms with Crippen molar-refractivity contribution >= 4 is 28.2 Å². The van der Waals surface area contributed by atoms with Gasteiger partial charge in [0.1, 0.15) is 0 Å². The number of benzene rings is 1. The maximum atomic E-state index is 12.0. The fraction of sp³-hybridized carbons (Fsp3) is 0.375. The van der Waals surface area contributed by atoms with Gasteiger partial charge in [-0.2, -0.15) is 0 Å². The number of hydrogen-bond acceptors (Lipinski definition) is 4. The second kappa shape index (κ2) is 5.99. The number of nitrogens with one attached hydrogen (secondary N) is 1. The summed E-state index contributed by atoms with van der Waals surface area (Å²) >= 11 is 0. The highest BCUT2D eigenvalue weighted by atomic mass is 16.2. The first kappa shape index (κ1) is 13.7. The predicted molar refractivity (Wildman–Crippen MR) is 85.1 cm³/mol. The molecule has 0 unspecified atom stereocenters. The van der Waals surface area contributed by atoms with Crippen molar-refractivity contribution in [3.63, 3.8) is 0 Å². The quantitative estimate of drug-likeness (QED) is 0.845. The van der Waals surface area contributed by atoms with Crippen LogP contribution in [0.25, 0.3) is 10.9 Å². The van der Waals surface area contributed by atoms with Crippen LogP contribution in [0.15, 0.2) is 30.5 Å². The van der Waals surface area contributed by atoms with Crippen LogP contribution in [0, 0.1) is 0 Å². The van der Waals surface area contributed by atoms with Crippen LogP contribution in [0.5, 0.6) is 0 Å². The van der Waals surface area contributed by atoms with E-state index >= 15 is 0 Å². The van der Waals surface area contributed by atoms with Crippen LogP contribution in [0.3, 0.4) is 0 Å². The maximum absolute atomic E-state index is 12.0. The molecule has 5 heteroatoms. The van der Waals surface area contributed by atoms with E-state index in [1.165, 1.54) is 0 Å². The molecule has 1 aromatic heterocycles. The van der Waals surface area contributed by atoms with Crippen molar-refractivity contribution in [3.05, 3.63) is 30.5 Å². The largest absolute Gasteiger partial charge is 0.397 e. The van der Waals surface area contributed by atoms with Gasteiger partial charge in [0.25, 0.3) is 0 Å². The molecule has 1 aliphatic rings. The van der Waals surface area contributed by atoms with E-state index in [4.69, 9.17) is 5.73 Å². The summed E-state index contributed by atoms with van der Waals surface area (Å²) in [5.74, 6) is 0.234. The molecule has 3 rings (SSSR count). The Morgan fingerprint density at radius 3 is 2.90 bits per heavy atom. The molecule has 0 aliphatic carbocycles. The molecular formula is C16H20N4O. The third-order valence-corrected chi connectivity index (χ3v) is 3.91. The normalized spacial score (nSPS) is 14.6. The van der Waals surface area contributed by atoms with Gasteiger partial charge in [0.15, 0.2) is 0 Å². The SMILES string of the molecule is Nc1ccc(NCCC(=O)N2CCCC2)c2cccnc12. The molecule has 1 aromatic carbocycles. The van der Waals surface area contributed by atoms with E-state index in [-0.39, 0.29) is 5.91 Å². The molecule has 0 atom stereocenters. The van der Waals surface area contributed by atoms with Crippen molar-refractivity contribution in [2.75, 3.05) is 30.7 Å². The van der Waals surface area contributed by atoms with Crippen LogP contribution in [0.1, 0.15) is 19.3 Å². The number of nitrogen functional groups attached to an aromatic ring is 1. The highest BCUT2D eigenvalue weighted by molar-refractivity contribution is 5.98. The Hall–Kier alpha value is -2.30. The zero-order valence-corrected chi connectivity index (χ0v) is 12.0. The number of fused-ring (bicyclic) bond motifs is 1. The number of nitrogens with two attached hydrogens (primary N) is 1. The number of hydrogen-bond donors (Lipinski definition) is 2. The lowest BCUT2D eigenvalue weighted by Crippen LogP contribution is -2.29. The van der Waals surface area contributed by atoms with Crippen molar-refractivity contribution in [2.45, 2.75) is 19.3 Å². The molecule has 0 saturated carbocycles. The fourth-order valence-corrected chi connectivity index (χ4v) is 2.78. The Labute approximate surface area is 124 Å². The lowest BCUT2D eigenvalue weighted by Gasteiger charge is -2.16. The minimum Gasteiger partial charge on any atom is -0.397 e. The van der Waals surface area contributed by atoms with E-state index in [2.05, 4.69) is 10.3 Å². The van der Waals surface area contributed by atoms with Crippen molar-refractivity contribution in [3.8, 4) is 0 Å². The highest BCUT2D eigenvalue weighted by Gasteiger charge is 2.17. The zero-order chi connectivity index (χ0) is 14.7. The number of rotatable bonds is 4. The van der Waals surface area contributed by atoms with Crippen molar-refractivity contribution in [1.82, 2.24) is 9.88 Å². The number of carbonyl (C=O) groups excluding carboxylic acids is 1. The molecule has 0 spiro atoms. The molecule has 1 fully saturated rings. The first-order valence-corrected chi connectivity index (χ1v) is 7.40. The Kier molecular flexibility index (Phi) is 3.90. The summed E-state index contributed by atoms with van der Waals surface area (Å²) in [4.78, 5) is 18.3. The number of pyridine rings is 1. The van der Waals surface area contributed by atoms with Gasteiger partial charge in [-0.15, -0.1) is 0 Å². The molecule has 3 N–H and O–H groups in total. The Morgan fingerprint density at radius 1 is 1.29 bits per heavy atom. The van der Waals surface area contributed by atoms with Gasteiger partial charge in [0, 0.05) is 43.3 Å².